The van der Waals surface area contributed by atoms with Gasteiger partial charge in [0.15, 0.2) is 0 Å². The van der Waals surface area contributed by atoms with E-state index in [1.165, 1.54) is 0 Å². The number of carbonyl (C=O) groups is 1. The number of hydrogen-bond donors (Lipinski definition) is 0. The number of nitrogens with zero attached hydrogens (tertiary/aromatic N) is 1. The predicted molar refractivity (Wildman–Crippen MR) is 52.7 cm³/mol. The Balaban J connectivity index is 3.26. The van der Waals surface area contributed by atoms with Crippen LogP contribution in [-0.4, -0.2) is 17.6 Å². The van der Waals surface area contributed by atoms with Gasteiger partial charge in [-0.25, -0.2) is 0 Å². The summed E-state index contributed by atoms with van der Waals surface area (Å²) < 4.78 is 42.0. The first-order valence-corrected chi connectivity index (χ1v) is 4.67. The summed E-state index contributed by atoms with van der Waals surface area (Å²) in [5, 5.41) is -0.608. The van der Waals surface area contributed by atoms with Crippen LogP contribution in [0.25, 0.3) is 0 Å². The molecule has 0 saturated heterocycles. The average molecular weight is 270 g/mol. The summed E-state index contributed by atoms with van der Waals surface area (Å²) in [6, 6.07) is 0.512. The van der Waals surface area contributed by atoms with Crippen LogP contribution in [-0.2, 0) is 22.3 Å². The summed E-state index contributed by atoms with van der Waals surface area (Å²) in [4.78, 5) is 22.3. The minimum Gasteiger partial charge on any atom is -0.468 e. The fraction of sp³-hybridized carbons (Fsp3) is 0.333. The van der Waals surface area contributed by atoms with Crippen LogP contribution in [0.4, 0.5) is 13.2 Å². The van der Waals surface area contributed by atoms with E-state index in [-0.39, 0.29) is 0 Å². The smallest absolute Gasteiger partial charge is 0.417 e. The lowest BCUT2D eigenvalue weighted by Gasteiger charge is -2.10. The van der Waals surface area contributed by atoms with Crippen molar-refractivity contribution < 1.29 is 22.7 Å². The lowest BCUT2D eigenvalue weighted by molar-refractivity contribution is -0.142. The molecule has 0 radical (unpaired) electrons. The molecule has 0 aliphatic rings. The largest absolute Gasteiger partial charge is 0.468 e. The first kappa shape index (κ1) is 13.6. The summed E-state index contributed by atoms with van der Waals surface area (Å²) in [6.07, 6.45) is -4.12. The summed E-state index contributed by atoms with van der Waals surface area (Å²) in [5.41, 5.74) is -1.99. The highest BCUT2D eigenvalue weighted by molar-refractivity contribution is 6.30. The van der Waals surface area contributed by atoms with Crippen molar-refractivity contribution in [1.82, 2.24) is 4.57 Å². The van der Waals surface area contributed by atoms with Gasteiger partial charge in [0.1, 0.15) is 11.6 Å². The Morgan fingerprint density at radius 3 is 2.59 bits per heavy atom. The first-order valence-electron chi connectivity index (χ1n) is 4.29. The SMILES string of the molecule is COC(=O)Cn1cc(C(F)(F)F)cc(Cl)c1=O. The first-order chi connectivity index (χ1) is 7.75. The van der Waals surface area contributed by atoms with Crippen molar-refractivity contribution in [3.05, 3.63) is 33.2 Å². The Morgan fingerprint density at radius 1 is 1.53 bits per heavy atom. The van der Waals surface area contributed by atoms with Gasteiger partial charge in [-0.05, 0) is 6.07 Å². The Kier molecular flexibility index (Phi) is 3.82. The van der Waals surface area contributed by atoms with Gasteiger partial charge in [-0.1, -0.05) is 11.6 Å². The molecule has 1 aromatic heterocycles. The quantitative estimate of drug-likeness (QED) is 0.768. The number of pyridine rings is 1. The molecule has 0 N–H and O–H groups in total. The van der Waals surface area contributed by atoms with E-state index >= 15 is 0 Å². The van der Waals surface area contributed by atoms with E-state index in [1.54, 1.807) is 0 Å². The molecular formula is C9H7ClF3NO3. The number of alkyl halides is 3. The van der Waals surface area contributed by atoms with Gasteiger partial charge >= 0.3 is 12.1 Å². The van der Waals surface area contributed by atoms with Crippen LogP contribution in [0.5, 0.6) is 0 Å². The number of carbonyl (C=O) groups excluding carboxylic acids is 1. The zero-order chi connectivity index (χ0) is 13.2. The third kappa shape index (κ3) is 3.23. The van der Waals surface area contributed by atoms with Crippen LogP contribution >= 0.6 is 11.6 Å². The van der Waals surface area contributed by atoms with E-state index in [9.17, 15) is 22.8 Å². The van der Waals surface area contributed by atoms with E-state index < -0.39 is 34.8 Å². The number of esters is 1. The molecule has 8 heteroatoms. The molecule has 0 unspecified atom stereocenters. The summed E-state index contributed by atoms with van der Waals surface area (Å²) in [5.74, 6) is -0.845. The minimum absolute atomic E-state index is 0.512. The lowest BCUT2D eigenvalue weighted by Crippen LogP contribution is -2.26. The van der Waals surface area contributed by atoms with Gasteiger partial charge in [-0.3, -0.25) is 9.59 Å². The van der Waals surface area contributed by atoms with Gasteiger partial charge in [-0.15, -0.1) is 0 Å². The Morgan fingerprint density at radius 2 is 2.12 bits per heavy atom. The number of methoxy groups -OCH3 is 1. The maximum absolute atomic E-state index is 12.4. The average Bonchev–Trinajstić information content (AvgIpc) is 2.22. The Labute approximate surface area is 98.6 Å². The van der Waals surface area contributed by atoms with Crippen LogP contribution in [0.3, 0.4) is 0 Å². The molecule has 0 aliphatic heterocycles. The zero-order valence-electron chi connectivity index (χ0n) is 8.55. The van der Waals surface area contributed by atoms with E-state index in [4.69, 9.17) is 11.6 Å². The minimum atomic E-state index is -4.64. The zero-order valence-corrected chi connectivity index (χ0v) is 9.30. The molecule has 4 nitrogen and oxygen atoms in total. The number of halogens is 4. The Hall–Kier alpha value is -1.50. The van der Waals surface area contributed by atoms with Crippen LogP contribution in [0.2, 0.25) is 5.02 Å². The van der Waals surface area contributed by atoms with Crippen LogP contribution in [0.15, 0.2) is 17.1 Å². The second-order valence-electron chi connectivity index (χ2n) is 3.08. The summed E-state index contributed by atoms with van der Waals surface area (Å²) in [6.45, 7) is -0.626. The van der Waals surface area contributed by atoms with Gasteiger partial charge in [0.2, 0.25) is 0 Å². The second-order valence-corrected chi connectivity index (χ2v) is 3.49. The van der Waals surface area contributed by atoms with Crippen molar-refractivity contribution in [2.45, 2.75) is 12.7 Å². The van der Waals surface area contributed by atoms with E-state index in [0.717, 1.165) is 7.11 Å². The molecule has 1 heterocycles. The standard InChI is InChI=1S/C9H7ClF3NO3/c1-17-7(15)4-14-3-5(9(11,12)13)2-6(10)8(14)16/h2-3H,4H2,1H3. The second kappa shape index (κ2) is 4.79. The van der Waals surface area contributed by atoms with Crippen LogP contribution in [0, 0.1) is 0 Å². The number of rotatable bonds is 2. The molecule has 0 fully saturated rings. The van der Waals surface area contributed by atoms with E-state index in [2.05, 4.69) is 4.74 Å². The van der Waals surface area contributed by atoms with Gasteiger partial charge < -0.3 is 9.30 Å². The van der Waals surface area contributed by atoms with Crippen molar-refractivity contribution in [2.24, 2.45) is 0 Å². The highest BCUT2D eigenvalue weighted by Crippen LogP contribution is 2.29. The van der Waals surface area contributed by atoms with Gasteiger partial charge in [0.25, 0.3) is 5.56 Å². The third-order valence-electron chi connectivity index (χ3n) is 1.90. The van der Waals surface area contributed by atoms with Crippen molar-refractivity contribution >= 4 is 17.6 Å². The lowest BCUT2D eigenvalue weighted by atomic mass is 10.2. The van der Waals surface area contributed by atoms with Gasteiger partial charge in [-0.2, -0.15) is 13.2 Å². The van der Waals surface area contributed by atoms with Gasteiger partial charge in [0, 0.05) is 6.20 Å². The van der Waals surface area contributed by atoms with Crippen LogP contribution in [0.1, 0.15) is 5.56 Å². The molecule has 0 aliphatic carbocycles. The molecule has 1 aromatic rings. The topological polar surface area (TPSA) is 48.3 Å². The maximum atomic E-state index is 12.4. The van der Waals surface area contributed by atoms with E-state index in [0.29, 0.717) is 16.8 Å². The highest BCUT2D eigenvalue weighted by Gasteiger charge is 2.32. The van der Waals surface area contributed by atoms with Gasteiger partial charge in [0.05, 0.1) is 12.7 Å². The molecule has 17 heavy (non-hydrogen) atoms. The number of ether oxygens (including phenoxy) is 1. The molecule has 0 saturated carbocycles. The molecule has 1 rings (SSSR count). The number of aromatic nitrogens is 1. The molecule has 0 bridgehead atoms. The maximum Gasteiger partial charge on any atom is 0.417 e. The molecular weight excluding hydrogens is 263 g/mol. The molecule has 0 atom stereocenters. The molecule has 0 spiro atoms. The van der Waals surface area contributed by atoms with E-state index in [1.807, 2.05) is 0 Å². The fourth-order valence-corrected chi connectivity index (χ4v) is 1.30. The normalized spacial score (nSPS) is 11.4. The molecule has 0 aromatic carbocycles. The summed E-state index contributed by atoms with van der Waals surface area (Å²) >= 11 is 5.37. The highest BCUT2D eigenvalue weighted by atomic mass is 35.5. The van der Waals surface area contributed by atoms with Crippen molar-refractivity contribution in [2.75, 3.05) is 7.11 Å². The molecule has 94 valence electrons. The van der Waals surface area contributed by atoms with Crippen molar-refractivity contribution in [3.63, 3.8) is 0 Å². The number of hydrogen-bond acceptors (Lipinski definition) is 3. The van der Waals surface area contributed by atoms with Crippen molar-refractivity contribution in [3.8, 4) is 0 Å². The fourth-order valence-electron chi connectivity index (χ4n) is 1.08. The summed E-state index contributed by atoms with van der Waals surface area (Å²) in [7, 11) is 1.06. The Bertz CT molecular complexity index is 495. The predicted octanol–water partition coefficient (Wildman–Crippen LogP) is 1.69. The monoisotopic (exact) mass is 269 g/mol. The third-order valence-corrected chi connectivity index (χ3v) is 2.17. The molecule has 0 amide bonds. The van der Waals surface area contributed by atoms with Crippen LogP contribution < -0.4 is 5.56 Å². The van der Waals surface area contributed by atoms with Crippen molar-refractivity contribution in [1.29, 1.82) is 0 Å².